The van der Waals surface area contributed by atoms with Gasteiger partial charge in [0.25, 0.3) is 0 Å². The molecule has 0 atom stereocenters. The maximum absolute atomic E-state index is 10.7. The van der Waals surface area contributed by atoms with E-state index in [1.807, 2.05) is 6.92 Å². The normalized spacial score (nSPS) is 10.2. The molecule has 0 aromatic carbocycles. The van der Waals surface area contributed by atoms with Crippen LogP contribution in [0, 0.1) is 6.92 Å². The van der Waals surface area contributed by atoms with Crippen molar-refractivity contribution in [1.29, 1.82) is 0 Å². The number of aromatic carboxylic acids is 1. The van der Waals surface area contributed by atoms with Crippen LogP contribution in [-0.4, -0.2) is 21.3 Å². The van der Waals surface area contributed by atoms with Gasteiger partial charge in [-0.25, -0.2) is 4.79 Å². The lowest BCUT2D eigenvalue weighted by atomic mass is 10.1. The van der Waals surface area contributed by atoms with E-state index in [4.69, 9.17) is 5.11 Å². The fourth-order valence-corrected chi connectivity index (χ4v) is 2.16. The summed E-state index contributed by atoms with van der Waals surface area (Å²) in [5.74, 6) is -0.897. The number of aromatic nitrogens is 2. The zero-order valence-corrected chi connectivity index (χ0v) is 8.78. The third-order valence-electron chi connectivity index (χ3n) is 2.01. The molecule has 4 nitrogen and oxygen atoms in total. The van der Waals surface area contributed by atoms with Crippen molar-refractivity contribution in [3.63, 3.8) is 0 Å². The molecular weight excluding hydrogens is 212 g/mol. The van der Waals surface area contributed by atoms with Crippen LogP contribution >= 0.6 is 11.3 Å². The molecule has 0 fully saturated rings. The Balaban J connectivity index is 2.46. The van der Waals surface area contributed by atoms with Crippen LogP contribution in [0.1, 0.15) is 15.2 Å². The molecule has 2 rings (SSSR count). The van der Waals surface area contributed by atoms with Gasteiger partial charge in [-0.1, -0.05) is 0 Å². The van der Waals surface area contributed by atoms with Gasteiger partial charge in [0, 0.05) is 10.4 Å². The van der Waals surface area contributed by atoms with Crippen LogP contribution in [0.25, 0.3) is 10.4 Å². The standard InChI is InChI=1S/C10H8N2O2S/c1-6-4-11-12-5-7(6)8-2-3-9(15-8)10(13)14/h2-5H,1H3,(H,13,14). The molecule has 0 saturated carbocycles. The third-order valence-corrected chi connectivity index (χ3v) is 3.12. The van der Waals surface area contributed by atoms with Crippen LogP contribution in [0.2, 0.25) is 0 Å². The van der Waals surface area contributed by atoms with Gasteiger partial charge in [-0.05, 0) is 24.6 Å². The Labute approximate surface area is 90.2 Å². The molecule has 0 spiro atoms. The predicted molar refractivity (Wildman–Crippen MR) is 57.0 cm³/mol. The van der Waals surface area contributed by atoms with Gasteiger partial charge in [0.1, 0.15) is 4.88 Å². The summed E-state index contributed by atoms with van der Waals surface area (Å²) in [5, 5.41) is 16.3. The molecule has 0 aliphatic heterocycles. The summed E-state index contributed by atoms with van der Waals surface area (Å²) in [6.07, 6.45) is 3.31. The van der Waals surface area contributed by atoms with Crippen LogP contribution in [0.15, 0.2) is 24.5 Å². The maximum Gasteiger partial charge on any atom is 0.345 e. The minimum atomic E-state index is -0.897. The van der Waals surface area contributed by atoms with E-state index >= 15 is 0 Å². The lowest BCUT2D eigenvalue weighted by Gasteiger charge is -1.99. The SMILES string of the molecule is Cc1cnncc1-c1ccc(C(=O)O)s1. The second-order valence-corrected chi connectivity index (χ2v) is 4.14. The molecule has 0 saturated heterocycles. The molecule has 0 amide bonds. The predicted octanol–water partition coefficient (Wildman–Crippen LogP) is 2.21. The molecule has 0 aliphatic rings. The second-order valence-electron chi connectivity index (χ2n) is 3.05. The molecule has 5 heteroatoms. The summed E-state index contributed by atoms with van der Waals surface area (Å²) >= 11 is 1.24. The van der Waals surface area contributed by atoms with E-state index in [0.717, 1.165) is 16.0 Å². The zero-order valence-electron chi connectivity index (χ0n) is 7.97. The molecule has 2 aromatic rings. The quantitative estimate of drug-likeness (QED) is 0.842. The van der Waals surface area contributed by atoms with Crippen molar-refractivity contribution in [2.75, 3.05) is 0 Å². The number of rotatable bonds is 2. The van der Waals surface area contributed by atoms with Crippen LogP contribution < -0.4 is 0 Å². The molecule has 76 valence electrons. The number of thiophene rings is 1. The van der Waals surface area contributed by atoms with Gasteiger partial charge in [-0.2, -0.15) is 10.2 Å². The Morgan fingerprint density at radius 1 is 1.33 bits per heavy atom. The molecule has 0 radical (unpaired) electrons. The highest BCUT2D eigenvalue weighted by atomic mass is 32.1. The Kier molecular flexibility index (Phi) is 2.47. The smallest absolute Gasteiger partial charge is 0.345 e. The average molecular weight is 220 g/mol. The summed E-state index contributed by atoms with van der Waals surface area (Å²) in [6.45, 7) is 1.92. The van der Waals surface area contributed by atoms with E-state index in [1.165, 1.54) is 11.3 Å². The minimum Gasteiger partial charge on any atom is -0.477 e. The lowest BCUT2D eigenvalue weighted by molar-refractivity contribution is 0.0702. The van der Waals surface area contributed by atoms with Gasteiger partial charge in [-0.15, -0.1) is 11.3 Å². The maximum atomic E-state index is 10.7. The second kappa shape index (κ2) is 3.78. The van der Waals surface area contributed by atoms with E-state index in [0.29, 0.717) is 4.88 Å². The minimum absolute atomic E-state index is 0.334. The first kappa shape index (κ1) is 9.79. The molecule has 1 N–H and O–H groups in total. The molecule has 0 aliphatic carbocycles. The number of hydrogen-bond acceptors (Lipinski definition) is 4. The molecule has 15 heavy (non-hydrogen) atoms. The van der Waals surface area contributed by atoms with Gasteiger partial charge >= 0.3 is 5.97 Å². The first-order chi connectivity index (χ1) is 7.18. The monoisotopic (exact) mass is 220 g/mol. The third kappa shape index (κ3) is 1.87. The molecule has 0 bridgehead atoms. The van der Waals surface area contributed by atoms with Gasteiger partial charge in [0.2, 0.25) is 0 Å². The zero-order chi connectivity index (χ0) is 10.8. The average Bonchev–Trinajstić information content (AvgIpc) is 2.67. The van der Waals surface area contributed by atoms with Gasteiger partial charge in [0.05, 0.1) is 12.4 Å². The number of aryl methyl sites for hydroxylation is 1. The van der Waals surface area contributed by atoms with Crippen molar-refractivity contribution in [3.8, 4) is 10.4 Å². The van der Waals surface area contributed by atoms with E-state index in [-0.39, 0.29) is 0 Å². The molecule has 0 unspecified atom stereocenters. The fourth-order valence-electron chi connectivity index (χ4n) is 1.24. The summed E-state index contributed by atoms with van der Waals surface area (Å²) in [6, 6.07) is 3.39. The van der Waals surface area contributed by atoms with E-state index < -0.39 is 5.97 Å². The van der Waals surface area contributed by atoms with E-state index in [9.17, 15) is 4.79 Å². The Morgan fingerprint density at radius 2 is 2.07 bits per heavy atom. The van der Waals surface area contributed by atoms with Crippen molar-refractivity contribution < 1.29 is 9.90 Å². The number of carboxylic acid groups (broad SMARTS) is 1. The van der Waals surface area contributed by atoms with Gasteiger partial charge in [-0.3, -0.25) is 0 Å². The van der Waals surface area contributed by atoms with Crippen molar-refractivity contribution in [2.45, 2.75) is 6.92 Å². The van der Waals surface area contributed by atoms with Crippen LogP contribution in [0.4, 0.5) is 0 Å². The number of hydrogen-bond donors (Lipinski definition) is 1. The van der Waals surface area contributed by atoms with Crippen molar-refractivity contribution in [1.82, 2.24) is 10.2 Å². The van der Waals surface area contributed by atoms with Crippen molar-refractivity contribution in [2.24, 2.45) is 0 Å². The van der Waals surface area contributed by atoms with E-state index in [1.54, 1.807) is 24.5 Å². The van der Waals surface area contributed by atoms with Crippen LogP contribution in [0.3, 0.4) is 0 Å². The highest BCUT2D eigenvalue weighted by Crippen LogP contribution is 2.29. The molecule has 2 heterocycles. The Hall–Kier alpha value is -1.75. The fraction of sp³-hybridized carbons (Fsp3) is 0.100. The summed E-state index contributed by atoms with van der Waals surface area (Å²) in [7, 11) is 0. The Morgan fingerprint density at radius 3 is 2.67 bits per heavy atom. The summed E-state index contributed by atoms with van der Waals surface area (Å²) < 4.78 is 0. The highest BCUT2D eigenvalue weighted by molar-refractivity contribution is 7.17. The topological polar surface area (TPSA) is 63.1 Å². The molecule has 2 aromatic heterocycles. The van der Waals surface area contributed by atoms with Crippen LogP contribution in [0.5, 0.6) is 0 Å². The van der Waals surface area contributed by atoms with Crippen molar-refractivity contribution >= 4 is 17.3 Å². The number of carboxylic acids is 1. The first-order valence-corrected chi connectivity index (χ1v) is 5.11. The molecular formula is C10H8N2O2S. The largest absolute Gasteiger partial charge is 0.477 e. The van der Waals surface area contributed by atoms with Crippen molar-refractivity contribution in [3.05, 3.63) is 35.0 Å². The number of nitrogens with zero attached hydrogens (tertiary/aromatic N) is 2. The summed E-state index contributed by atoms with van der Waals surface area (Å²) in [4.78, 5) is 12.0. The highest BCUT2D eigenvalue weighted by Gasteiger charge is 2.09. The first-order valence-electron chi connectivity index (χ1n) is 4.29. The summed E-state index contributed by atoms with van der Waals surface area (Å²) in [5.41, 5.74) is 1.92. The lowest BCUT2D eigenvalue weighted by Crippen LogP contribution is -1.89. The van der Waals surface area contributed by atoms with Gasteiger partial charge < -0.3 is 5.11 Å². The Bertz CT molecular complexity index is 508. The van der Waals surface area contributed by atoms with Gasteiger partial charge in [0.15, 0.2) is 0 Å². The van der Waals surface area contributed by atoms with E-state index in [2.05, 4.69) is 10.2 Å². The number of carbonyl (C=O) groups is 1. The van der Waals surface area contributed by atoms with Crippen LogP contribution in [-0.2, 0) is 0 Å².